The number of anilines is 1. The Balaban J connectivity index is 1.29. The molecular formula is C18H18F2N4OS2. The molecule has 1 aliphatic rings. The van der Waals surface area contributed by atoms with Gasteiger partial charge in [0, 0.05) is 45.3 Å². The fraction of sp³-hybridized carbons (Fsp3) is 0.333. The third kappa shape index (κ3) is 4.10. The van der Waals surface area contributed by atoms with E-state index in [1.165, 1.54) is 28.7 Å². The molecule has 1 N–H and O–H groups in total. The van der Waals surface area contributed by atoms with Gasteiger partial charge in [0.1, 0.15) is 11.3 Å². The average Bonchev–Trinajstić information content (AvgIpc) is 3.32. The van der Waals surface area contributed by atoms with Crippen molar-refractivity contribution in [2.45, 2.75) is 0 Å². The number of hydrogen-bond acceptors (Lipinski definition) is 6. The van der Waals surface area contributed by atoms with Crippen molar-refractivity contribution in [3.05, 3.63) is 46.2 Å². The summed E-state index contributed by atoms with van der Waals surface area (Å²) in [5, 5.41) is 5.54. The first-order chi connectivity index (χ1) is 13.1. The van der Waals surface area contributed by atoms with E-state index in [2.05, 4.69) is 20.1 Å². The van der Waals surface area contributed by atoms with E-state index in [0.717, 1.165) is 48.8 Å². The van der Waals surface area contributed by atoms with Crippen LogP contribution in [0.1, 0.15) is 9.67 Å². The summed E-state index contributed by atoms with van der Waals surface area (Å²) in [6.45, 7) is 4.59. The third-order valence-corrected chi connectivity index (χ3v) is 6.44. The van der Waals surface area contributed by atoms with Gasteiger partial charge >= 0.3 is 0 Å². The Morgan fingerprint density at radius 1 is 1.22 bits per heavy atom. The normalized spacial score (nSPS) is 15.4. The van der Waals surface area contributed by atoms with Gasteiger partial charge < -0.3 is 10.2 Å². The van der Waals surface area contributed by atoms with Crippen molar-refractivity contribution in [3.8, 4) is 0 Å². The number of carbonyl (C=O) groups excluding carboxylic acids is 1. The number of carbonyl (C=O) groups is 1. The zero-order valence-corrected chi connectivity index (χ0v) is 16.1. The van der Waals surface area contributed by atoms with E-state index < -0.39 is 11.6 Å². The maximum atomic E-state index is 13.8. The number of amides is 1. The number of benzene rings is 1. The number of hydrogen-bond donors (Lipinski definition) is 1. The molecule has 1 fully saturated rings. The second-order valence-corrected chi connectivity index (χ2v) is 8.25. The molecule has 4 rings (SSSR count). The van der Waals surface area contributed by atoms with Gasteiger partial charge in [0.2, 0.25) is 0 Å². The van der Waals surface area contributed by atoms with E-state index in [1.54, 1.807) is 0 Å². The highest BCUT2D eigenvalue weighted by Gasteiger charge is 2.21. The topological polar surface area (TPSA) is 48.5 Å². The molecule has 27 heavy (non-hydrogen) atoms. The molecule has 1 saturated heterocycles. The molecule has 0 unspecified atom stereocenters. The number of halogens is 2. The fourth-order valence-electron chi connectivity index (χ4n) is 3.07. The minimum Gasteiger partial charge on any atom is -0.350 e. The number of nitrogens with one attached hydrogen (secondary N) is 1. The lowest BCUT2D eigenvalue weighted by molar-refractivity contribution is 0.0952. The largest absolute Gasteiger partial charge is 0.350 e. The highest BCUT2D eigenvalue weighted by atomic mass is 32.1. The number of thiophene rings is 1. The van der Waals surface area contributed by atoms with Crippen LogP contribution in [-0.4, -0.2) is 55.1 Å². The maximum absolute atomic E-state index is 13.8. The van der Waals surface area contributed by atoms with E-state index in [1.807, 2.05) is 17.5 Å². The van der Waals surface area contributed by atoms with Gasteiger partial charge in [-0.2, -0.15) is 0 Å². The summed E-state index contributed by atoms with van der Waals surface area (Å²) in [7, 11) is 0. The summed E-state index contributed by atoms with van der Waals surface area (Å²) in [4.78, 5) is 21.4. The van der Waals surface area contributed by atoms with Gasteiger partial charge in [0.15, 0.2) is 10.9 Å². The molecule has 0 spiro atoms. The van der Waals surface area contributed by atoms with Crippen LogP contribution in [0.25, 0.3) is 10.2 Å². The predicted octanol–water partition coefficient (Wildman–Crippen LogP) is 3.19. The first-order valence-electron chi connectivity index (χ1n) is 8.65. The van der Waals surface area contributed by atoms with Gasteiger partial charge in [0.05, 0.1) is 9.58 Å². The summed E-state index contributed by atoms with van der Waals surface area (Å²) < 4.78 is 27.7. The number of nitrogens with zero attached hydrogens (tertiary/aromatic N) is 3. The second kappa shape index (κ2) is 7.87. The van der Waals surface area contributed by atoms with E-state index in [0.29, 0.717) is 11.2 Å². The monoisotopic (exact) mass is 408 g/mol. The van der Waals surface area contributed by atoms with Gasteiger partial charge in [-0.1, -0.05) is 17.4 Å². The number of fused-ring (bicyclic) bond motifs is 1. The van der Waals surface area contributed by atoms with Crippen molar-refractivity contribution in [2.75, 3.05) is 44.2 Å². The van der Waals surface area contributed by atoms with Crippen molar-refractivity contribution in [3.63, 3.8) is 0 Å². The Bertz CT molecular complexity index is 936. The van der Waals surface area contributed by atoms with Crippen LogP contribution in [0.3, 0.4) is 0 Å². The highest BCUT2D eigenvalue weighted by molar-refractivity contribution is 7.22. The van der Waals surface area contributed by atoms with Crippen LogP contribution in [0.4, 0.5) is 13.9 Å². The van der Waals surface area contributed by atoms with Crippen LogP contribution in [0.15, 0.2) is 29.6 Å². The Labute approximate surface area is 163 Å². The molecule has 0 radical (unpaired) electrons. The van der Waals surface area contributed by atoms with Gasteiger partial charge in [-0.3, -0.25) is 9.69 Å². The molecule has 2 aromatic heterocycles. The maximum Gasteiger partial charge on any atom is 0.261 e. The highest BCUT2D eigenvalue weighted by Crippen LogP contribution is 2.31. The molecule has 0 aliphatic carbocycles. The zero-order valence-electron chi connectivity index (χ0n) is 14.5. The van der Waals surface area contributed by atoms with E-state index >= 15 is 0 Å². The molecule has 0 bridgehead atoms. The lowest BCUT2D eigenvalue weighted by Crippen LogP contribution is -2.48. The molecule has 1 aromatic carbocycles. The minimum absolute atomic E-state index is 0.0348. The predicted molar refractivity (Wildman–Crippen MR) is 105 cm³/mol. The molecular weight excluding hydrogens is 390 g/mol. The second-order valence-electron chi connectivity index (χ2n) is 6.29. The molecule has 3 aromatic rings. The Morgan fingerprint density at radius 2 is 2.04 bits per heavy atom. The van der Waals surface area contributed by atoms with Gasteiger partial charge in [0.25, 0.3) is 5.91 Å². The molecule has 3 heterocycles. The molecule has 1 aliphatic heterocycles. The number of aromatic nitrogens is 1. The lowest BCUT2D eigenvalue weighted by Gasteiger charge is -2.34. The summed E-state index contributed by atoms with van der Waals surface area (Å²) in [5.74, 6) is -1.23. The first-order valence-corrected chi connectivity index (χ1v) is 10.3. The van der Waals surface area contributed by atoms with Crippen molar-refractivity contribution in [1.29, 1.82) is 0 Å². The molecule has 9 heteroatoms. The molecule has 0 atom stereocenters. The number of rotatable bonds is 5. The quantitative estimate of drug-likeness (QED) is 0.705. The first kappa shape index (κ1) is 18.3. The van der Waals surface area contributed by atoms with Crippen LogP contribution in [0.2, 0.25) is 0 Å². The Hall–Kier alpha value is -2.10. The van der Waals surface area contributed by atoms with Crippen LogP contribution in [-0.2, 0) is 0 Å². The summed E-state index contributed by atoms with van der Waals surface area (Å²) in [6.07, 6.45) is 0. The summed E-state index contributed by atoms with van der Waals surface area (Å²) in [5.41, 5.74) is 0.232. The average molecular weight is 408 g/mol. The van der Waals surface area contributed by atoms with Gasteiger partial charge in [-0.05, 0) is 17.5 Å². The van der Waals surface area contributed by atoms with Crippen molar-refractivity contribution >= 4 is 43.9 Å². The van der Waals surface area contributed by atoms with Crippen LogP contribution in [0.5, 0.6) is 0 Å². The number of thiazole rings is 1. The van der Waals surface area contributed by atoms with Gasteiger partial charge in [-0.15, -0.1) is 11.3 Å². The minimum atomic E-state index is -0.618. The fourth-order valence-corrected chi connectivity index (χ4v) is 4.76. The molecule has 142 valence electrons. The van der Waals surface area contributed by atoms with Crippen LogP contribution in [0, 0.1) is 11.6 Å². The summed E-state index contributed by atoms with van der Waals surface area (Å²) >= 11 is 2.74. The smallest absolute Gasteiger partial charge is 0.261 e. The van der Waals surface area contributed by atoms with Crippen molar-refractivity contribution < 1.29 is 13.6 Å². The third-order valence-electron chi connectivity index (χ3n) is 4.50. The van der Waals surface area contributed by atoms with E-state index in [4.69, 9.17) is 0 Å². The van der Waals surface area contributed by atoms with E-state index in [9.17, 15) is 13.6 Å². The zero-order chi connectivity index (χ0) is 18.8. The molecule has 1 amide bonds. The lowest BCUT2D eigenvalue weighted by atomic mass is 10.3. The van der Waals surface area contributed by atoms with Crippen LogP contribution < -0.4 is 10.2 Å². The SMILES string of the molecule is O=C(NCCN1CCN(c2nc3c(F)cc(F)cc3s2)CC1)c1cccs1. The number of piperazine rings is 1. The molecule has 5 nitrogen and oxygen atoms in total. The standard InChI is InChI=1S/C18H18F2N4OS2/c19-12-10-13(20)16-15(11-12)27-18(22-16)24-7-5-23(6-8-24)4-3-21-17(25)14-2-1-9-26-14/h1-2,9-11H,3-8H2,(H,21,25). The molecule has 0 saturated carbocycles. The van der Waals surface area contributed by atoms with E-state index in [-0.39, 0.29) is 11.4 Å². The summed E-state index contributed by atoms with van der Waals surface area (Å²) in [6, 6.07) is 5.87. The van der Waals surface area contributed by atoms with Gasteiger partial charge in [-0.25, -0.2) is 13.8 Å². The van der Waals surface area contributed by atoms with Crippen molar-refractivity contribution in [1.82, 2.24) is 15.2 Å². The van der Waals surface area contributed by atoms with Crippen molar-refractivity contribution in [2.24, 2.45) is 0 Å². The van der Waals surface area contributed by atoms with Crippen LogP contribution >= 0.6 is 22.7 Å². The Morgan fingerprint density at radius 3 is 2.78 bits per heavy atom. The Kier molecular flexibility index (Phi) is 5.33.